The lowest BCUT2D eigenvalue weighted by molar-refractivity contribution is -0.116. The van der Waals surface area contributed by atoms with Crippen LogP contribution < -0.4 is 24.8 Å². The normalized spacial score (nSPS) is 11.2. The fourth-order valence-electron chi connectivity index (χ4n) is 4.02. The lowest BCUT2D eigenvalue weighted by atomic mass is 10.1. The third kappa shape index (κ3) is 7.51. The molecule has 0 radical (unpaired) electrons. The molecule has 0 bridgehead atoms. The highest BCUT2D eigenvalue weighted by atomic mass is 32.2. The molecule has 40 heavy (non-hydrogen) atoms. The standard InChI is InChI=1S/C29H35N3O7S/c1-32(2)40(35,36)22-12-14-25(37-3)21(19-22)11-15-28(33)31-24-9-7-6-8-23(24)29(34)30-17-16-20-10-13-26(38-4)27(18-20)39-5/h6-10,12-14,18-19H,11,15-17H2,1-5H3,(H,30,34)(H,31,33). The van der Waals surface area contributed by atoms with Crippen LogP contribution in [0, 0.1) is 0 Å². The molecule has 214 valence electrons. The molecule has 0 saturated carbocycles. The highest BCUT2D eigenvalue weighted by Crippen LogP contribution is 2.28. The number of aryl methyl sites for hydroxylation is 1. The van der Waals surface area contributed by atoms with E-state index in [1.54, 1.807) is 44.6 Å². The van der Waals surface area contributed by atoms with Gasteiger partial charge in [0.25, 0.3) is 5.91 Å². The van der Waals surface area contributed by atoms with Crippen molar-refractivity contribution < 1.29 is 32.2 Å². The predicted octanol–water partition coefficient (Wildman–Crippen LogP) is 3.51. The molecule has 2 amide bonds. The van der Waals surface area contributed by atoms with E-state index in [1.807, 2.05) is 18.2 Å². The fourth-order valence-corrected chi connectivity index (χ4v) is 4.98. The zero-order valence-electron chi connectivity index (χ0n) is 23.3. The van der Waals surface area contributed by atoms with Crippen molar-refractivity contribution in [2.45, 2.75) is 24.2 Å². The van der Waals surface area contributed by atoms with E-state index in [-0.39, 0.29) is 29.6 Å². The van der Waals surface area contributed by atoms with Gasteiger partial charge in [-0.2, -0.15) is 0 Å². The zero-order valence-corrected chi connectivity index (χ0v) is 24.1. The summed E-state index contributed by atoms with van der Waals surface area (Å²) in [5.41, 5.74) is 2.27. The quantitative estimate of drug-likeness (QED) is 0.323. The summed E-state index contributed by atoms with van der Waals surface area (Å²) in [6.45, 7) is 0.378. The Bertz CT molecular complexity index is 1460. The monoisotopic (exact) mass is 569 g/mol. The minimum Gasteiger partial charge on any atom is -0.496 e. The average molecular weight is 570 g/mol. The Hall–Kier alpha value is -4.09. The Morgan fingerprint density at radius 2 is 1.50 bits per heavy atom. The largest absolute Gasteiger partial charge is 0.496 e. The Kier molecular flexibility index (Phi) is 10.5. The van der Waals surface area contributed by atoms with Gasteiger partial charge in [0.05, 0.1) is 37.5 Å². The summed E-state index contributed by atoms with van der Waals surface area (Å²) < 4.78 is 42.1. The van der Waals surface area contributed by atoms with Crippen molar-refractivity contribution in [3.8, 4) is 17.2 Å². The minimum atomic E-state index is -3.64. The molecule has 11 heteroatoms. The number of benzene rings is 3. The van der Waals surface area contributed by atoms with Crippen LogP contribution in [0.25, 0.3) is 0 Å². The van der Waals surface area contributed by atoms with E-state index in [9.17, 15) is 18.0 Å². The van der Waals surface area contributed by atoms with Crippen molar-refractivity contribution in [3.63, 3.8) is 0 Å². The van der Waals surface area contributed by atoms with Crippen LogP contribution in [-0.2, 0) is 27.7 Å². The highest BCUT2D eigenvalue weighted by Gasteiger charge is 2.20. The molecule has 0 saturated heterocycles. The van der Waals surface area contributed by atoms with Crippen LogP contribution in [0.3, 0.4) is 0 Å². The molecule has 0 spiro atoms. The number of carbonyl (C=O) groups is 2. The number of para-hydroxylation sites is 1. The first-order chi connectivity index (χ1) is 19.1. The summed E-state index contributed by atoms with van der Waals surface area (Å²) in [6.07, 6.45) is 0.869. The SMILES string of the molecule is COc1ccc(S(=O)(=O)N(C)C)cc1CCC(=O)Nc1ccccc1C(=O)NCCc1ccc(OC)c(OC)c1. The Labute approximate surface area is 235 Å². The maximum Gasteiger partial charge on any atom is 0.253 e. The van der Waals surface area contributed by atoms with Crippen molar-refractivity contribution in [1.29, 1.82) is 0 Å². The predicted molar refractivity (Wildman–Crippen MR) is 153 cm³/mol. The van der Waals surface area contributed by atoms with Gasteiger partial charge >= 0.3 is 0 Å². The zero-order chi connectivity index (χ0) is 29.3. The molecule has 0 heterocycles. The molecule has 0 aliphatic carbocycles. The van der Waals surface area contributed by atoms with Gasteiger partial charge in [0.2, 0.25) is 15.9 Å². The first kappa shape index (κ1) is 30.5. The van der Waals surface area contributed by atoms with Gasteiger partial charge in [-0.15, -0.1) is 0 Å². The van der Waals surface area contributed by atoms with Gasteiger partial charge in [-0.05, 0) is 66.4 Å². The summed E-state index contributed by atoms with van der Waals surface area (Å²) >= 11 is 0. The maximum atomic E-state index is 12.9. The Morgan fingerprint density at radius 1 is 0.825 bits per heavy atom. The van der Waals surface area contributed by atoms with E-state index in [1.165, 1.54) is 33.3 Å². The number of hydrogen-bond donors (Lipinski definition) is 2. The summed E-state index contributed by atoms with van der Waals surface area (Å²) in [6, 6.07) is 16.9. The summed E-state index contributed by atoms with van der Waals surface area (Å²) in [5.74, 6) is 1.08. The van der Waals surface area contributed by atoms with E-state index in [2.05, 4.69) is 10.6 Å². The second-order valence-corrected chi connectivity index (χ2v) is 11.2. The Balaban J connectivity index is 1.63. The summed E-state index contributed by atoms with van der Waals surface area (Å²) in [4.78, 5) is 25.9. The lowest BCUT2D eigenvalue weighted by Gasteiger charge is -2.15. The second kappa shape index (κ2) is 13.8. The summed E-state index contributed by atoms with van der Waals surface area (Å²) in [5, 5.41) is 5.69. The minimum absolute atomic E-state index is 0.0527. The van der Waals surface area contributed by atoms with Crippen molar-refractivity contribution in [2.75, 3.05) is 47.3 Å². The van der Waals surface area contributed by atoms with Crippen LogP contribution in [-0.4, -0.2) is 66.5 Å². The maximum absolute atomic E-state index is 12.9. The van der Waals surface area contributed by atoms with Gasteiger partial charge < -0.3 is 24.8 Å². The molecule has 0 aromatic heterocycles. The molecular formula is C29H35N3O7S. The van der Waals surface area contributed by atoms with Gasteiger partial charge in [0.15, 0.2) is 11.5 Å². The number of ether oxygens (including phenoxy) is 3. The molecule has 10 nitrogen and oxygen atoms in total. The number of anilines is 1. The van der Waals surface area contributed by atoms with Crippen molar-refractivity contribution in [3.05, 3.63) is 77.4 Å². The van der Waals surface area contributed by atoms with Crippen LogP contribution in [0.4, 0.5) is 5.69 Å². The smallest absolute Gasteiger partial charge is 0.253 e. The number of nitrogens with zero attached hydrogens (tertiary/aromatic N) is 1. The number of sulfonamides is 1. The van der Waals surface area contributed by atoms with Gasteiger partial charge in [-0.3, -0.25) is 9.59 Å². The fraction of sp³-hybridized carbons (Fsp3) is 0.310. The van der Waals surface area contributed by atoms with Crippen LogP contribution in [0.5, 0.6) is 17.2 Å². The molecule has 0 aliphatic heterocycles. The third-order valence-corrected chi connectivity index (χ3v) is 8.06. The number of rotatable bonds is 13. The molecule has 0 unspecified atom stereocenters. The molecule has 2 N–H and O–H groups in total. The van der Waals surface area contributed by atoms with E-state index in [0.29, 0.717) is 47.0 Å². The van der Waals surface area contributed by atoms with E-state index in [0.717, 1.165) is 9.87 Å². The molecule has 3 rings (SSSR count). The number of methoxy groups -OCH3 is 3. The number of nitrogens with one attached hydrogen (secondary N) is 2. The first-order valence-corrected chi connectivity index (χ1v) is 14.0. The van der Waals surface area contributed by atoms with Crippen LogP contribution in [0.2, 0.25) is 0 Å². The van der Waals surface area contributed by atoms with Crippen molar-refractivity contribution in [1.82, 2.24) is 9.62 Å². The molecule has 3 aromatic carbocycles. The van der Waals surface area contributed by atoms with Crippen LogP contribution in [0.15, 0.2) is 65.6 Å². The Morgan fingerprint density at radius 3 is 2.17 bits per heavy atom. The van der Waals surface area contributed by atoms with E-state index >= 15 is 0 Å². The van der Waals surface area contributed by atoms with Gasteiger partial charge in [-0.25, -0.2) is 12.7 Å². The van der Waals surface area contributed by atoms with Crippen molar-refractivity contribution in [2.24, 2.45) is 0 Å². The summed E-state index contributed by atoms with van der Waals surface area (Å²) in [7, 11) is 3.89. The molecule has 0 aliphatic rings. The topological polar surface area (TPSA) is 123 Å². The van der Waals surface area contributed by atoms with E-state index in [4.69, 9.17) is 14.2 Å². The third-order valence-electron chi connectivity index (χ3n) is 6.24. The number of amides is 2. The van der Waals surface area contributed by atoms with Crippen molar-refractivity contribution >= 4 is 27.5 Å². The number of carbonyl (C=O) groups excluding carboxylic acids is 2. The van der Waals surface area contributed by atoms with Gasteiger partial charge in [-0.1, -0.05) is 18.2 Å². The molecule has 3 aromatic rings. The average Bonchev–Trinajstić information content (AvgIpc) is 2.95. The number of hydrogen-bond acceptors (Lipinski definition) is 7. The molecule has 0 fully saturated rings. The molecular weight excluding hydrogens is 534 g/mol. The van der Waals surface area contributed by atoms with Gasteiger partial charge in [0, 0.05) is 27.1 Å². The highest BCUT2D eigenvalue weighted by molar-refractivity contribution is 7.89. The van der Waals surface area contributed by atoms with Gasteiger partial charge in [0.1, 0.15) is 5.75 Å². The second-order valence-electron chi connectivity index (χ2n) is 9.05. The van der Waals surface area contributed by atoms with E-state index < -0.39 is 10.0 Å². The molecule has 0 atom stereocenters. The van der Waals surface area contributed by atoms with Crippen LogP contribution in [0.1, 0.15) is 27.9 Å². The van der Waals surface area contributed by atoms with Crippen LogP contribution >= 0.6 is 0 Å². The first-order valence-electron chi connectivity index (χ1n) is 12.6. The lowest BCUT2D eigenvalue weighted by Crippen LogP contribution is -2.27.